The maximum atomic E-state index is 14.2. The van der Waals surface area contributed by atoms with Gasteiger partial charge in [0, 0.05) is 12.2 Å². The van der Waals surface area contributed by atoms with Crippen molar-refractivity contribution in [2.24, 2.45) is 0 Å². The molecule has 4 rings (SSSR count). The quantitative estimate of drug-likeness (QED) is 0.326. The molecule has 37 heavy (non-hydrogen) atoms. The van der Waals surface area contributed by atoms with E-state index >= 15 is 0 Å². The molecule has 7 nitrogen and oxygen atoms in total. The maximum Gasteiger partial charge on any atom is 0.421 e. The summed E-state index contributed by atoms with van der Waals surface area (Å²) in [5.41, 5.74) is -0.953. The summed E-state index contributed by atoms with van der Waals surface area (Å²) in [7, 11) is 0. The van der Waals surface area contributed by atoms with Crippen LogP contribution in [0.5, 0.6) is 0 Å². The minimum Gasteiger partial charge on any atom is -0.396 e. The van der Waals surface area contributed by atoms with E-state index in [0.717, 1.165) is 27.8 Å². The van der Waals surface area contributed by atoms with E-state index in [1.165, 1.54) is 19.1 Å². The first-order chi connectivity index (χ1) is 17.4. The van der Waals surface area contributed by atoms with Crippen LogP contribution in [0.4, 0.5) is 17.6 Å². The first kappa shape index (κ1) is 26.1. The van der Waals surface area contributed by atoms with Crippen molar-refractivity contribution in [3.63, 3.8) is 0 Å². The van der Waals surface area contributed by atoms with Gasteiger partial charge in [-0.3, -0.25) is 9.59 Å². The molecule has 3 N–H and O–H groups in total. The molecule has 11 heteroatoms. The largest absolute Gasteiger partial charge is 0.421 e. The number of carbonyl (C=O) groups excluding carboxylic acids is 1. The highest BCUT2D eigenvalue weighted by Gasteiger charge is 2.42. The second-order valence-electron chi connectivity index (χ2n) is 8.79. The van der Waals surface area contributed by atoms with E-state index in [2.05, 4.69) is 15.4 Å². The number of aliphatic hydroxyl groups excluding tert-OH is 1. The second-order valence-corrected chi connectivity index (χ2v) is 8.79. The number of aliphatic hydroxyl groups is 1. The summed E-state index contributed by atoms with van der Waals surface area (Å²) in [6, 6.07) is 9.41. The van der Waals surface area contributed by atoms with Crippen LogP contribution in [-0.2, 0) is 6.18 Å². The predicted octanol–water partition coefficient (Wildman–Crippen LogP) is 4.63. The van der Waals surface area contributed by atoms with Gasteiger partial charge < -0.3 is 15.4 Å². The number of halogens is 4. The third-order valence-corrected chi connectivity index (χ3v) is 6.31. The van der Waals surface area contributed by atoms with Crippen LogP contribution in [-0.4, -0.2) is 32.2 Å². The highest BCUT2D eigenvalue weighted by atomic mass is 19.4. The van der Waals surface area contributed by atoms with Crippen molar-refractivity contribution < 1.29 is 27.5 Å². The van der Waals surface area contributed by atoms with Gasteiger partial charge in [-0.2, -0.15) is 18.3 Å². The number of H-pyrrole nitrogens is 1. The molecule has 0 bridgehead atoms. The number of fused-ring (bicyclic) bond motifs is 1. The summed E-state index contributed by atoms with van der Waals surface area (Å²) in [6.45, 7) is 4.88. The van der Waals surface area contributed by atoms with E-state index in [1.807, 2.05) is 19.9 Å². The Bertz CT molecular complexity index is 1540. The first-order valence-electron chi connectivity index (χ1n) is 11.4. The molecule has 0 saturated heterocycles. The van der Waals surface area contributed by atoms with E-state index in [0.29, 0.717) is 11.1 Å². The van der Waals surface area contributed by atoms with Crippen molar-refractivity contribution in [1.29, 1.82) is 0 Å². The van der Waals surface area contributed by atoms with Crippen molar-refractivity contribution >= 4 is 11.4 Å². The summed E-state index contributed by atoms with van der Waals surface area (Å²) in [4.78, 5) is 28.6. The molecule has 194 valence electrons. The van der Waals surface area contributed by atoms with Gasteiger partial charge in [0.1, 0.15) is 16.9 Å². The van der Waals surface area contributed by atoms with Crippen molar-refractivity contribution in [1.82, 2.24) is 19.9 Å². The lowest BCUT2D eigenvalue weighted by Crippen LogP contribution is -2.31. The Labute approximate surface area is 208 Å². The molecule has 2 heterocycles. The number of hydrogen-bond donors (Lipinski definition) is 3. The number of aromatic nitrogens is 3. The van der Waals surface area contributed by atoms with Gasteiger partial charge in [0.15, 0.2) is 5.69 Å². The fraction of sp³-hybridized carbons (Fsp3) is 0.269. The zero-order valence-corrected chi connectivity index (χ0v) is 20.2. The monoisotopic (exact) mass is 516 g/mol. The van der Waals surface area contributed by atoms with E-state index in [9.17, 15) is 32.3 Å². The zero-order valence-electron chi connectivity index (χ0n) is 20.2. The molecular formula is C26H24F4N4O3. The van der Waals surface area contributed by atoms with Crippen LogP contribution in [0.3, 0.4) is 0 Å². The van der Waals surface area contributed by atoms with E-state index in [4.69, 9.17) is 0 Å². The van der Waals surface area contributed by atoms with Crippen LogP contribution in [0.25, 0.3) is 16.8 Å². The molecule has 0 aliphatic carbocycles. The van der Waals surface area contributed by atoms with E-state index in [1.54, 1.807) is 12.1 Å². The van der Waals surface area contributed by atoms with E-state index in [-0.39, 0.29) is 17.8 Å². The van der Waals surface area contributed by atoms with Crippen molar-refractivity contribution in [3.8, 4) is 11.3 Å². The normalized spacial score (nSPS) is 12.6. The summed E-state index contributed by atoms with van der Waals surface area (Å²) in [5, 5.41) is 15.8. The SMILES string of the molecule is Cc1ccc(-c2[nH]c(=O)c3c(C(F)(F)F)c(C(=O)N[C@H](CCO)c4ccc(F)cc4)nn3c2C)cc1C. The van der Waals surface area contributed by atoms with Crippen molar-refractivity contribution in [2.75, 3.05) is 6.61 Å². The van der Waals surface area contributed by atoms with Crippen LogP contribution in [0, 0.1) is 26.6 Å². The summed E-state index contributed by atoms with van der Waals surface area (Å²) >= 11 is 0. The highest BCUT2D eigenvalue weighted by molar-refractivity contribution is 5.96. The van der Waals surface area contributed by atoms with Gasteiger partial charge in [-0.05, 0) is 62.1 Å². The number of carbonyl (C=O) groups is 1. The maximum absolute atomic E-state index is 14.2. The van der Waals surface area contributed by atoms with Gasteiger partial charge in [0.25, 0.3) is 11.5 Å². The van der Waals surface area contributed by atoms with Crippen LogP contribution in [0.1, 0.15) is 50.9 Å². The van der Waals surface area contributed by atoms with Crippen molar-refractivity contribution in [3.05, 3.63) is 92.3 Å². The van der Waals surface area contributed by atoms with Gasteiger partial charge in [0.05, 0.1) is 17.4 Å². The second kappa shape index (κ2) is 9.81. The number of amides is 1. The smallest absolute Gasteiger partial charge is 0.396 e. The lowest BCUT2D eigenvalue weighted by molar-refractivity contribution is -0.136. The Balaban J connectivity index is 1.86. The molecule has 0 unspecified atom stereocenters. The zero-order chi connectivity index (χ0) is 27.1. The third-order valence-electron chi connectivity index (χ3n) is 6.31. The van der Waals surface area contributed by atoms with Gasteiger partial charge in [-0.15, -0.1) is 0 Å². The number of benzene rings is 2. The van der Waals surface area contributed by atoms with E-state index < -0.39 is 52.9 Å². The van der Waals surface area contributed by atoms with Crippen LogP contribution < -0.4 is 10.9 Å². The van der Waals surface area contributed by atoms with Gasteiger partial charge in [0.2, 0.25) is 0 Å². The van der Waals surface area contributed by atoms with Crippen LogP contribution in [0.2, 0.25) is 0 Å². The fourth-order valence-electron chi connectivity index (χ4n) is 4.22. The van der Waals surface area contributed by atoms with Crippen molar-refractivity contribution in [2.45, 2.75) is 39.4 Å². The number of aromatic amines is 1. The Morgan fingerprint density at radius 1 is 1.11 bits per heavy atom. The van der Waals surface area contributed by atoms with Gasteiger partial charge >= 0.3 is 6.18 Å². The first-order valence-corrected chi connectivity index (χ1v) is 11.4. The Hall–Kier alpha value is -3.99. The summed E-state index contributed by atoms with van der Waals surface area (Å²) in [5.74, 6) is -1.72. The molecule has 0 aliphatic heterocycles. The number of alkyl halides is 3. The Morgan fingerprint density at radius 2 is 1.78 bits per heavy atom. The van der Waals surface area contributed by atoms with Crippen LogP contribution >= 0.6 is 0 Å². The Morgan fingerprint density at radius 3 is 2.38 bits per heavy atom. The minimum atomic E-state index is -5.07. The standard InChI is InChI=1S/C26H24F4N4O3/c1-13-4-5-17(12-14(13)2)21-15(3)34-23(25(37)32-21)20(26(28,29)30)22(33-34)24(36)31-19(10-11-35)16-6-8-18(27)9-7-16/h4-9,12,19,35H,10-11H2,1-3H3,(H,31,36)(H,32,37)/t19-/m1/s1. The minimum absolute atomic E-state index is 0.0391. The molecule has 0 fully saturated rings. The molecule has 1 atom stereocenters. The molecule has 2 aromatic carbocycles. The topological polar surface area (TPSA) is 99.5 Å². The molecule has 4 aromatic rings. The molecule has 2 aromatic heterocycles. The van der Waals surface area contributed by atoms with Crippen LogP contribution in [0.15, 0.2) is 47.3 Å². The molecule has 0 radical (unpaired) electrons. The molecule has 1 amide bonds. The Kier molecular flexibility index (Phi) is 6.92. The number of nitrogens with one attached hydrogen (secondary N) is 2. The van der Waals surface area contributed by atoms with Gasteiger partial charge in [-0.25, -0.2) is 8.91 Å². The molecule has 0 saturated carbocycles. The lowest BCUT2D eigenvalue weighted by atomic mass is 10.0. The lowest BCUT2D eigenvalue weighted by Gasteiger charge is -2.18. The summed E-state index contributed by atoms with van der Waals surface area (Å²) < 4.78 is 56.7. The highest BCUT2D eigenvalue weighted by Crippen LogP contribution is 2.35. The number of rotatable bonds is 6. The molecule has 0 spiro atoms. The number of aryl methyl sites for hydroxylation is 3. The predicted molar refractivity (Wildman–Crippen MR) is 129 cm³/mol. The average molecular weight is 516 g/mol. The third kappa shape index (κ3) is 4.99. The van der Waals surface area contributed by atoms with Gasteiger partial charge in [-0.1, -0.05) is 24.3 Å². The molecule has 0 aliphatic rings. The summed E-state index contributed by atoms with van der Waals surface area (Å²) in [6.07, 6.45) is -5.11. The number of hydrogen-bond acceptors (Lipinski definition) is 4. The average Bonchev–Trinajstić information content (AvgIpc) is 3.26. The molecular weight excluding hydrogens is 492 g/mol. The number of nitrogens with zero attached hydrogens (tertiary/aromatic N) is 2. The fourth-order valence-corrected chi connectivity index (χ4v) is 4.22.